The van der Waals surface area contributed by atoms with E-state index < -0.39 is 0 Å². The summed E-state index contributed by atoms with van der Waals surface area (Å²) in [6, 6.07) is 8.91. The molecule has 3 nitrogen and oxygen atoms in total. The largest absolute Gasteiger partial charge is 0.305 e. The summed E-state index contributed by atoms with van der Waals surface area (Å²) in [5.41, 5.74) is 4.50. The minimum absolute atomic E-state index is 0.314. The molecule has 0 fully saturated rings. The highest BCUT2D eigenvalue weighted by Crippen LogP contribution is 2.13. The number of nitrogens with zero attached hydrogens (tertiary/aromatic N) is 2. The van der Waals surface area contributed by atoms with Crippen LogP contribution in [0.3, 0.4) is 0 Å². The zero-order valence-corrected chi connectivity index (χ0v) is 11.1. The van der Waals surface area contributed by atoms with Crippen LogP contribution in [0.5, 0.6) is 0 Å². The van der Waals surface area contributed by atoms with E-state index in [4.69, 9.17) is 0 Å². The first-order valence-electron chi connectivity index (χ1n) is 6.22. The Balaban J connectivity index is 1.93. The minimum Gasteiger partial charge on any atom is -0.305 e. The van der Waals surface area contributed by atoms with E-state index in [0.29, 0.717) is 6.04 Å². The van der Waals surface area contributed by atoms with E-state index in [9.17, 15) is 0 Å². The highest BCUT2D eigenvalue weighted by molar-refractivity contribution is 5.23. The summed E-state index contributed by atoms with van der Waals surface area (Å²) >= 11 is 0. The first-order valence-corrected chi connectivity index (χ1v) is 6.22. The quantitative estimate of drug-likeness (QED) is 0.894. The van der Waals surface area contributed by atoms with Gasteiger partial charge in [-0.2, -0.15) is 0 Å². The topological polar surface area (TPSA) is 37.8 Å². The Morgan fingerprint density at radius 1 is 1.06 bits per heavy atom. The van der Waals surface area contributed by atoms with Crippen molar-refractivity contribution in [3.63, 3.8) is 0 Å². The number of aryl methyl sites for hydroxylation is 2. The molecule has 0 aliphatic rings. The first kappa shape index (κ1) is 12.7. The fraction of sp³-hybridized carbons (Fsp3) is 0.333. The van der Waals surface area contributed by atoms with Crippen LogP contribution in [0.1, 0.15) is 35.5 Å². The van der Waals surface area contributed by atoms with Crippen LogP contribution < -0.4 is 5.32 Å². The van der Waals surface area contributed by atoms with Gasteiger partial charge in [0, 0.05) is 25.0 Å². The molecule has 1 heterocycles. The van der Waals surface area contributed by atoms with Gasteiger partial charge in [-0.25, -0.2) is 0 Å². The molecule has 94 valence electrons. The third-order valence-electron chi connectivity index (χ3n) is 3.00. The molecule has 2 rings (SSSR count). The zero-order valence-electron chi connectivity index (χ0n) is 11.1. The van der Waals surface area contributed by atoms with Gasteiger partial charge in [0.2, 0.25) is 0 Å². The summed E-state index contributed by atoms with van der Waals surface area (Å²) in [6.45, 7) is 6.94. The molecule has 0 saturated heterocycles. The van der Waals surface area contributed by atoms with Crippen molar-refractivity contribution in [3.05, 3.63) is 59.2 Å². The van der Waals surface area contributed by atoms with Crippen LogP contribution in [0.15, 0.2) is 36.7 Å². The molecule has 1 unspecified atom stereocenters. The van der Waals surface area contributed by atoms with Crippen molar-refractivity contribution in [1.82, 2.24) is 15.3 Å². The van der Waals surface area contributed by atoms with E-state index >= 15 is 0 Å². The van der Waals surface area contributed by atoms with Crippen molar-refractivity contribution in [1.29, 1.82) is 0 Å². The van der Waals surface area contributed by atoms with Gasteiger partial charge in [-0.3, -0.25) is 9.97 Å². The second kappa shape index (κ2) is 5.74. The fourth-order valence-electron chi connectivity index (χ4n) is 1.74. The Hall–Kier alpha value is -1.74. The lowest BCUT2D eigenvalue weighted by Gasteiger charge is -2.14. The van der Waals surface area contributed by atoms with E-state index in [2.05, 4.69) is 53.4 Å². The van der Waals surface area contributed by atoms with E-state index in [1.54, 1.807) is 6.20 Å². The number of nitrogens with one attached hydrogen (secondary N) is 1. The van der Waals surface area contributed by atoms with Crippen LogP contribution in [-0.2, 0) is 6.54 Å². The van der Waals surface area contributed by atoms with Crippen LogP contribution in [0.4, 0.5) is 0 Å². The molecule has 3 heteroatoms. The van der Waals surface area contributed by atoms with Crippen molar-refractivity contribution >= 4 is 0 Å². The van der Waals surface area contributed by atoms with Gasteiger partial charge in [0.1, 0.15) is 0 Å². The number of benzene rings is 1. The standard InChI is InChI=1S/C15H19N3/c1-11-4-6-14(7-5-11)13(3)17-10-15-9-16-12(2)8-18-15/h4-9,13,17H,10H2,1-3H3. The molecule has 1 atom stereocenters. The third-order valence-corrected chi connectivity index (χ3v) is 3.00. The summed E-state index contributed by atoms with van der Waals surface area (Å²) in [6.07, 6.45) is 3.62. The molecule has 1 aromatic heterocycles. The van der Waals surface area contributed by atoms with Gasteiger partial charge in [-0.1, -0.05) is 29.8 Å². The van der Waals surface area contributed by atoms with E-state index in [0.717, 1.165) is 17.9 Å². The zero-order chi connectivity index (χ0) is 13.0. The average molecular weight is 241 g/mol. The van der Waals surface area contributed by atoms with E-state index in [1.165, 1.54) is 11.1 Å². The molecule has 0 bridgehead atoms. The summed E-state index contributed by atoms with van der Waals surface area (Å²) in [5.74, 6) is 0. The van der Waals surface area contributed by atoms with Gasteiger partial charge in [-0.05, 0) is 26.3 Å². The molecule has 0 saturated carbocycles. The predicted octanol–water partition coefficient (Wildman–Crippen LogP) is 2.94. The highest BCUT2D eigenvalue weighted by atomic mass is 14.9. The summed E-state index contributed by atoms with van der Waals surface area (Å²) in [5, 5.41) is 3.45. The molecule has 1 aromatic carbocycles. The molecule has 0 spiro atoms. The average Bonchev–Trinajstić information content (AvgIpc) is 2.38. The Morgan fingerprint density at radius 2 is 1.78 bits per heavy atom. The van der Waals surface area contributed by atoms with Crippen LogP contribution >= 0.6 is 0 Å². The summed E-state index contributed by atoms with van der Waals surface area (Å²) < 4.78 is 0. The Morgan fingerprint density at radius 3 is 2.39 bits per heavy atom. The maximum Gasteiger partial charge on any atom is 0.0724 e. The highest BCUT2D eigenvalue weighted by Gasteiger charge is 2.04. The SMILES string of the molecule is Cc1ccc(C(C)NCc2cnc(C)cn2)cc1. The Labute approximate surface area is 108 Å². The van der Waals surface area contributed by atoms with Crippen molar-refractivity contribution in [2.75, 3.05) is 0 Å². The van der Waals surface area contributed by atoms with Crippen LogP contribution in [-0.4, -0.2) is 9.97 Å². The van der Waals surface area contributed by atoms with Gasteiger partial charge in [0.15, 0.2) is 0 Å². The lowest BCUT2D eigenvalue weighted by Crippen LogP contribution is -2.18. The summed E-state index contributed by atoms with van der Waals surface area (Å²) in [7, 11) is 0. The van der Waals surface area contributed by atoms with Gasteiger partial charge < -0.3 is 5.32 Å². The van der Waals surface area contributed by atoms with Crippen LogP contribution in [0, 0.1) is 13.8 Å². The van der Waals surface area contributed by atoms with Crippen LogP contribution in [0.2, 0.25) is 0 Å². The first-order chi connectivity index (χ1) is 8.65. The fourth-order valence-corrected chi connectivity index (χ4v) is 1.74. The summed E-state index contributed by atoms with van der Waals surface area (Å²) in [4.78, 5) is 8.57. The second-order valence-electron chi connectivity index (χ2n) is 4.66. The van der Waals surface area contributed by atoms with Crippen molar-refractivity contribution < 1.29 is 0 Å². The van der Waals surface area contributed by atoms with E-state index in [-0.39, 0.29) is 0 Å². The molecule has 0 amide bonds. The lowest BCUT2D eigenvalue weighted by molar-refractivity contribution is 0.566. The monoisotopic (exact) mass is 241 g/mol. The third kappa shape index (κ3) is 3.37. The minimum atomic E-state index is 0.314. The molecular weight excluding hydrogens is 222 g/mol. The van der Waals surface area contributed by atoms with Crippen molar-refractivity contribution in [2.24, 2.45) is 0 Å². The molecule has 0 aliphatic carbocycles. The number of hydrogen-bond acceptors (Lipinski definition) is 3. The molecule has 0 aliphatic heterocycles. The predicted molar refractivity (Wildman–Crippen MR) is 73.2 cm³/mol. The molecule has 2 aromatic rings. The molecule has 1 N–H and O–H groups in total. The normalized spacial score (nSPS) is 12.4. The lowest BCUT2D eigenvalue weighted by atomic mass is 10.1. The number of rotatable bonds is 4. The van der Waals surface area contributed by atoms with Crippen LogP contribution in [0.25, 0.3) is 0 Å². The smallest absolute Gasteiger partial charge is 0.0724 e. The Bertz CT molecular complexity index is 488. The van der Waals surface area contributed by atoms with E-state index in [1.807, 2.05) is 13.1 Å². The van der Waals surface area contributed by atoms with Crippen molar-refractivity contribution in [2.45, 2.75) is 33.4 Å². The molecule has 18 heavy (non-hydrogen) atoms. The van der Waals surface area contributed by atoms with Crippen molar-refractivity contribution in [3.8, 4) is 0 Å². The van der Waals surface area contributed by atoms with Gasteiger partial charge >= 0.3 is 0 Å². The maximum absolute atomic E-state index is 4.33. The maximum atomic E-state index is 4.33. The van der Waals surface area contributed by atoms with Gasteiger partial charge in [0.25, 0.3) is 0 Å². The number of hydrogen-bond donors (Lipinski definition) is 1. The Kier molecular flexibility index (Phi) is 4.05. The van der Waals surface area contributed by atoms with Gasteiger partial charge in [0.05, 0.1) is 11.4 Å². The molecular formula is C15H19N3. The molecule has 0 radical (unpaired) electrons. The van der Waals surface area contributed by atoms with Gasteiger partial charge in [-0.15, -0.1) is 0 Å². The second-order valence-corrected chi connectivity index (χ2v) is 4.66. The number of aromatic nitrogens is 2.